The summed E-state index contributed by atoms with van der Waals surface area (Å²) in [6.45, 7) is 8.34. The van der Waals surface area contributed by atoms with Crippen LogP contribution in [0.5, 0.6) is 0 Å². The van der Waals surface area contributed by atoms with E-state index in [-0.39, 0.29) is 24.0 Å². The number of nitrogens with zero attached hydrogens (tertiary/aromatic N) is 3. The number of hydrogen-bond acceptors (Lipinski definition) is 2. The van der Waals surface area contributed by atoms with E-state index in [1.54, 1.807) is 0 Å². The number of ether oxygens (including phenoxy) is 1. The number of guanidine groups is 1. The smallest absolute Gasteiger partial charge is 0.194 e. The molecule has 0 saturated heterocycles. The lowest BCUT2D eigenvalue weighted by Gasteiger charge is -2.22. The molecule has 22 heavy (non-hydrogen) atoms. The van der Waals surface area contributed by atoms with Gasteiger partial charge in [0.1, 0.15) is 0 Å². The number of halogens is 1. The first-order chi connectivity index (χ1) is 10.2. The topological polar surface area (TPSA) is 41.8 Å². The molecule has 128 valence electrons. The first kappa shape index (κ1) is 21.2. The zero-order valence-electron chi connectivity index (χ0n) is 14.3. The molecule has 1 rings (SSSR count). The zero-order chi connectivity index (χ0) is 15.5. The molecule has 1 heterocycles. The second-order valence-electron chi connectivity index (χ2n) is 5.11. The third-order valence-corrected chi connectivity index (χ3v) is 3.31. The lowest BCUT2D eigenvalue weighted by molar-refractivity contribution is 0.144. The van der Waals surface area contributed by atoms with E-state index in [2.05, 4.69) is 59.1 Å². The molecular weight excluding hydrogens is 391 g/mol. The van der Waals surface area contributed by atoms with E-state index < -0.39 is 0 Å². The molecule has 5 nitrogen and oxygen atoms in total. The average Bonchev–Trinajstić information content (AvgIpc) is 2.86. The average molecular weight is 422 g/mol. The van der Waals surface area contributed by atoms with Crippen molar-refractivity contribution in [2.45, 2.75) is 33.2 Å². The Morgan fingerprint density at radius 1 is 1.36 bits per heavy atom. The van der Waals surface area contributed by atoms with Gasteiger partial charge in [-0.05, 0) is 38.8 Å². The summed E-state index contributed by atoms with van der Waals surface area (Å²) in [5.41, 5.74) is 1.28. The Labute approximate surface area is 152 Å². The van der Waals surface area contributed by atoms with Gasteiger partial charge in [-0.25, -0.2) is 0 Å². The van der Waals surface area contributed by atoms with Gasteiger partial charge in [0, 0.05) is 52.3 Å². The van der Waals surface area contributed by atoms with Gasteiger partial charge in [0.05, 0.1) is 6.54 Å². The molecule has 0 aliphatic carbocycles. The molecule has 0 spiro atoms. The summed E-state index contributed by atoms with van der Waals surface area (Å²) >= 11 is 0. The highest BCUT2D eigenvalue weighted by Crippen LogP contribution is 2.04. The van der Waals surface area contributed by atoms with E-state index in [1.807, 2.05) is 6.92 Å². The molecule has 0 fully saturated rings. The van der Waals surface area contributed by atoms with Crippen molar-refractivity contribution in [1.82, 2.24) is 14.8 Å². The minimum Gasteiger partial charge on any atom is -0.382 e. The molecule has 0 aromatic carbocycles. The summed E-state index contributed by atoms with van der Waals surface area (Å²) in [7, 11) is 4.15. The van der Waals surface area contributed by atoms with E-state index in [4.69, 9.17) is 4.74 Å². The van der Waals surface area contributed by atoms with E-state index in [0.29, 0.717) is 0 Å². The molecule has 0 amide bonds. The van der Waals surface area contributed by atoms with E-state index in [1.165, 1.54) is 5.69 Å². The van der Waals surface area contributed by atoms with Crippen LogP contribution in [0.15, 0.2) is 23.3 Å². The van der Waals surface area contributed by atoms with Gasteiger partial charge in [-0.3, -0.25) is 4.99 Å². The van der Waals surface area contributed by atoms with Gasteiger partial charge >= 0.3 is 0 Å². The van der Waals surface area contributed by atoms with Crippen molar-refractivity contribution in [1.29, 1.82) is 0 Å². The predicted octanol–water partition coefficient (Wildman–Crippen LogP) is 2.86. The normalized spacial score (nSPS) is 11.2. The Morgan fingerprint density at radius 3 is 2.73 bits per heavy atom. The summed E-state index contributed by atoms with van der Waals surface area (Å²) in [6.07, 6.45) is 4.20. The van der Waals surface area contributed by atoms with Crippen LogP contribution in [0.25, 0.3) is 0 Å². The Kier molecular flexibility index (Phi) is 12.3. The monoisotopic (exact) mass is 422 g/mol. The molecule has 0 aliphatic heterocycles. The van der Waals surface area contributed by atoms with Crippen molar-refractivity contribution in [3.05, 3.63) is 24.0 Å². The van der Waals surface area contributed by atoms with Crippen molar-refractivity contribution >= 4 is 29.9 Å². The second kappa shape index (κ2) is 12.8. The summed E-state index contributed by atoms with van der Waals surface area (Å²) in [6, 6.07) is 4.21. The fraction of sp³-hybridized carbons (Fsp3) is 0.688. The quantitative estimate of drug-likeness (QED) is 0.288. The van der Waals surface area contributed by atoms with E-state index in [0.717, 1.165) is 51.6 Å². The number of unbranched alkanes of at least 4 members (excludes halogenated alkanes) is 1. The second-order valence-corrected chi connectivity index (χ2v) is 5.11. The fourth-order valence-corrected chi connectivity index (χ4v) is 2.09. The van der Waals surface area contributed by atoms with Crippen molar-refractivity contribution in [3.8, 4) is 0 Å². The van der Waals surface area contributed by atoms with Crippen LogP contribution in [0, 0.1) is 0 Å². The fourth-order valence-electron chi connectivity index (χ4n) is 2.09. The third kappa shape index (κ3) is 8.03. The summed E-state index contributed by atoms with van der Waals surface area (Å²) in [5.74, 6) is 0.968. The zero-order valence-corrected chi connectivity index (χ0v) is 16.7. The minimum atomic E-state index is 0. The number of hydrogen-bond donors (Lipinski definition) is 1. The Hall–Kier alpha value is -0.760. The van der Waals surface area contributed by atoms with Gasteiger partial charge in [0.25, 0.3) is 0 Å². The van der Waals surface area contributed by atoms with Gasteiger partial charge in [-0.2, -0.15) is 0 Å². The summed E-state index contributed by atoms with van der Waals surface area (Å²) < 4.78 is 7.48. The largest absolute Gasteiger partial charge is 0.382 e. The maximum Gasteiger partial charge on any atom is 0.194 e. The van der Waals surface area contributed by atoms with E-state index >= 15 is 0 Å². The number of aliphatic imine (C=N–C) groups is 1. The number of rotatable bonds is 9. The van der Waals surface area contributed by atoms with E-state index in [9.17, 15) is 0 Å². The van der Waals surface area contributed by atoms with Crippen LogP contribution in [0.4, 0.5) is 0 Å². The molecule has 0 saturated carbocycles. The molecule has 0 atom stereocenters. The Bertz CT molecular complexity index is 420. The number of aromatic nitrogens is 1. The molecule has 6 heteroatoms. The Balaban J connectivity index is 0.00000441. The highest BCUT2D eigenvalue weighted by atomic mass is 127. The van der Waals surface area contributed by atoms with Crippen LogP contribution in [-0.2, 0) is 18.3 Å². The van der Waals surface area contributed by atoms with Gasteiger partial charge in [0.2, 0.25) is 0 Å². The van der Waals surface area contributed by atoms with Crippen LogP contribution in [-0.4, -0.2) is 48.8 Å². The molecule has 1 aromatic heterocycles. The Morgan fingerprint density at radius 2 is 2.14 bits per heavy atom. The van der Waals surface area contributed by atoms with Gasteiger partial charge < -0.3 is 19.5 Å². The predicted molar refractivity (Wildman–Crippen MR) is 104 cm³/mol. The molecule has 1 N–H and O–H groups in total. The molecule has 0 unspecified atom stereocenters. The van der Waals surface area contributed by atoms with Crippen LogP contribution in [0.1, 0.15) is 32.4 Å². The molecule has 0 radical (unpaired) electrons. The van der Waals surface area contributed by atoms with Gasteiger partial charge in [-0.15, -0.1) is 24.0 Å². The van der Waals surface area contributed by atoms with Crippen molar-refractivity contribution in [2.75, 3.05) is 33.4 Å². The highest BCUT2D eigenvalue weighted by Gasteiger charge is 2.07. The van der Waals surface area contributed by atoms with Crippen molar-refractivity contribution in [3.63, 3.8) is 0 Å². The van der Waals surface area contributed by atoms with Crippen molar-refractivity contribution < 1.29 is 4.74 Å². The van der Waals surface area contributed by atoms with Gasteiger partial charge in [0.15, 0.2) is 5.96 Å². The number of aryl methyl sites for hydroxylation is 1. The third-order valence-electron chi connectivity index (χ3n) is 3.31. The van der Waals surface area contributed by atoms with Crippen molar-refractivity contribution in [2.24, 2.45) is 12.0 Å². The first-order valence-electron chi connectivity index (χ1n) is 7.86. The summed E-state index contributed by atoms with van der Waals surface area (Å²) in [4.78, 5) is 6.86. The number of nitrogens with one attached hydrogen (secondary N) is 1. The first-order valence-corrected chi connectivity index (χ1v) is 7.86. The SMILES string of the molecule is CCNC(=NCCCCOCC)N(C)Cc1cccn1C.I. The lowest BCUT2D eigenvalue weighted by Crippen LogP contribution is -2.38. The minimum absolute atomic E-state index is 0. The van der Waals surface area contributed by atoms with Gasteiger partial charge in [-0.1, -0.05) is 0 Å². The van der Waals surface area contributed by atoms with Crippen LogP contribution >= 0.6 is 24.0 Å². The maximum absolute atomic E-state index is 5.34. The maximum atomic E-state index is 5.34. The lowest BCUT2D eigenvalue weighted by atomic mass is 10.3. The summed E-state index contributed by atoms with van der Waals surface area (Å²) in [5, 5.41) is 3.35. The standard InChI is InChI=1S/C16H30N4O.HI/c1-5-17-16(18-11-7-8-13-21-6-2)20(4)14-15-10-9-12-19(15)3;/h9-10,12H,5-8,11,13-14H2,1-4H3,(H,17,18);1H. The molecule has 0 aliphatic rings. The van der Waals surface area contributed by atoms with Crippen LogP contribution in [0.2, 0.25) is 0 Å². The van der Waals surface area contributed by atoms with Crippen LogP contribution in [0.3, 0.4) is 0 Å². The molecular formula is C16H31IN4O. The highest BCUT2D eigenvalue weighted by molar-refractivity contribution is 14.0. The van der Waals surface area contributed by atoms with Crippen LogP contribution < -0.4 is 5.32 Å². The molecule has 1 aromatic rings. The molecule has 0 bridgehead atoms.